The third-order valence-electron chi connectivity index (χ3n) is 7.07. The smallest absolute Gasteiger partial charge is 0.306 e. The lowest BCUT2D eigenvalue weighted by molar-refractivity contribution is -0.148. The highest BCUT2D eigenvalue weighted by Gasteiger charge is 2.36. The molecule has 0 saturated heterocycles. The van der Waals surface area contributed by atoms with Crippen molar-refractivity contribution < 1.29 is 19.4 Å². The maximum absolute atomic E-state index is 13.1. The second-order valence-electron chi connectivity index (χ2n) is 10.6. The fourth-order valence-electron chi connectivity index (χ4n) is 4.51. The van der Waals surface area contributed by atoms with E-state index in [0.717, 1.165) is 42.0 Å². The van der Waals surface area contributed by atoms with Gasteiger partial charge in [-0.05, 0) is 63.5 Å². The largest absolute Gasteiger partial charge is 0.457 e. The molecule has 2 heterocycles. The Labute approximate surface area is 209 Å². The number of esters is 1. The number of hydrogen-bond donors (Lipinski definition) is 1. The van der Waals surface area contributed by atoms with E-state index in [9.17, 15) is 14.7 Å². The van der Waals surface area contributed by atoms with Crippen LogP contribution in [0.2, 0.25) is 0 Å². The molecule has 0 spiro atoms. The molecule has 4 atom stereocenters. The Kier molecular flexibility index (Phi) is 10.7. The van der Waals surface area contributed by atoms with Gasteiger partial charge in [0.2, 0.25) is 0 Å². The van der Waals surface area contributed by atoms with Crippen LogP contribution in [0.3, 0.4) is 0 Å². The number of carbonyl (C=O) groups excluding carboxylic acids is 2. The van der Waals surface area contributed by atoms with E-state index in [-0.39, 0.29) is 30.2 Å². The van der Waals surface area contributed by atoms with Gasteiger partial charge in [0.05, 0.1) is 16.8 Å². The fraction of sp³-hybridized carbons (Fsp3) is 0.679. The van der Waals surface area contributed by atoms with Crippen LogP contribution in [-0.4, -0.2) is 34.1 Å². The summed E-state index contributed by atoms with van der Waals surface area (Å²) >= 11 is 1.64. The number of aryl methyl sites for hydroxylation is 1. The van der Waals surface area contributed by atoms with Crippen LogP contribution in [0, 0.1) is 17.3 Å². The molecule has 1 aliphatic rings. The standard InChI is InChI=1S/C28H43NO4S/c1-8-24-29-22(17-34-24)16-20(4)23-13-12-18(2)10-9-11-19(3)26(31)21(5)27(32)28(6,7)15-14-25(30)33-23/h12,16-17,19,21,23,26,31H,8-11,13-15H2,1-7H3/b18-12-,20-16+/t19-,21+,23?,26?/m0/s1. The zero-order chi connectivity index (χ0) is 25.5. The van der Waals surface area contributed by atoms with Crippen LogP contribution in [0.15, 0.2) is 22.6 Å². The minimum atomic E-state index is -0.704. The Hall–Kier alpha value is -1.79. The van der Waals surface area contributed by atoms with Crippen LogP contribution in [0.5, 0.6) is 0 Å². The summed E-state index contributed by atoms with van der Waals surface area (Å²) < 4.78 is 5.92. The first-order chi connectivity index (χ1) is 15.9. The number of rotatable bonds is 3. The van der Waals surface area contributed by atoms with E-state index in [2.05, 4.69) is 24.9 Å². The van der Waals surface area contributed by atoms with Crippen LogP contribution in [0.4, 0.5) is 0 Å². The second-order valence-corrected chi connectivity index (χ2v) is 11.5. The van der Waals surface area contributed by atoms with E-state index < -0.39 is 17.4 Å². The van der Waals surface area contributed by atoms with Crippen LogP contribution in [-0.2, 0) is 20.7 Å². The molecule has 0 bridgehead atoms. The zero-order valence-corrected chi connectivity index (χ0v) is 22.8. The van der Waals surface area contributed by atoms with Crippen molar-refractivity contribution in [2.24, 2.45) is 17.3 Å². The van der Waals surface area contributed by atoms with E-state index in [1.807, 2.05) is 46.1 Å². The molecule has 0 radical (unpaired) electrons. The molecule has 1 aromatic heterocycles. The SMILES string of the molecule is CCc1nc(/C=C(\C)C2C/C=C(/C)CCC[C@H](C)C(O)[C@@H](C)C(=O)C(C)(C)CCC(=O)O2)cs1. The molecule has 2 rings (SSSR count). The lowest BCUT2D eigenvalue weighted by atomic mass is 9.74. The number of allylic oxidation sites excluding steroid dienone is 1. The number of aromatic nitrogens is 1. The third-order valence-corrected chi connectivity index (χ3v) is 8.08. The van der Waals surface area contributed by atoms with Gasteiger partial charge in [-0.15, -0.1) is 11.3 Å². The van der Waals surface area contributed by atoms with Crippen molar-refractivity contribution in [1.29, 1.82) is 0 Å². The monoisotopic (exact) mass is 489 g/mol. The first kappa shape index (κ1) is 28.4. The van der Waals surface area contributed by atoms with Gasteiger partial charge >= 0.3 is 5.97 Å². The van der Waals surface area contributed by atoms with Crippen LogP contribution in [0.1, 0.15) is 97.7 Å². The topological polar surface area (TPSA) is 76.5 Å². The fourth-order valence-corrected chi connectivity index (χ4v) is 5.21. The van der Waals surface area contributed by atoms with Gasteiger partial charge in [0.1, 0.15) is 11.9 Å². The van der Waals surface area contributed by atoms with E-state index in [0.29, 0.717) is 12.8 Å². The number of aliphatic hydroxyl groups excluding tert-OH is 1. The molecule has 34 heavy (non-hydrogen) atoms. The molecular formula is C28H43NO4S. The first-order valence-electron chi connectivity index (χ1n) is 12.6. The number of cyclic esters (lactones) is 1. The van der Waals surface area contributed by atoms with Crippen molar-refractivity contribution in [3.05, 3.63) is 33.3 Å². The van der Waals surface area contributed by atoms with E-state index in [4.69, 9.17) is 4.74 Å². The molecule has 0 aromatic carbocycles. The van der Waals surface area contributed by atoms with Gasteiger partial charge in [0.15, 0.2) is 0 Å². The number of hydrogen-bond acceptors (Lipinski definition) is 6. The summed E-state index contributed by atoms with van der Waals surface area (Å²) in [5, 5.41) is 13.9. The second kappa shape index (κ2) is 12.8. The Morgan fingerprint density at radius 1 is 1.29 bits per heavy atom. The Morgan fingerprint density at radius 2 is 2.00 bits per heavy atom. The Bertz CT molecular complexity index is 898. The molecule has 1 aromatic rings. The molecule has 0 amide bonds. The molecule has 1 aliphatic heterocycles. The average Bonchev–Trinajstić information content (AvgIpc) is 3.25. The average molecular weight is 490 g/mol. The maximum Gasteiger partial charge on any atom is 0.306 e. The lowest BCUT2D eigenvalue weighted by Gasteiger charge is -2.31. The molecule has 0 fully saturated rings. The number of carbonyl (C=O) groups is 2. The summed E-state index contributed by atoms with van der Waals surface area (Å²) in [6.45, 7) is 13.7. The van der Waals surface area contributed by atoms with Crippen molar-refractivity contribution in [3.8, 4) is 0 Å². The van der Waals surface area contributed by atoms with Gasteiger partial charge in [-0.1, -0.05) is 46.3 Å². The highest BCUT2D eigenvalue weighted by Crippen LogP contribution is 2.32. The molecule has 6 heteroatoms. The van der Waals surface area contributed by atoms with Crippen LogP contribution < -0.4 is 0 Å². The van der Waals surface area contributed by atoms with Gasteiger partial charge in [-0.2, -0.15) is 0 Å². The number of nitrogens with zero attached hydrogens (tertiary/aromatic N) is 1. The van der Waals surface area contributed by atoms with Gasteiger partial charge in [0.25, 0.3) is 0 Å². The quantitative estimate of drug-likeness (QED) is 0.385. The van der Waals surface area contributed by atoms with Gasteiger partial charge in [-0.3, -0.25) is 9.59 Å². The molecule has 5 nitrogen and oxygen atoms in total. The maximum atomic E-state index is 13.1. The summed E-state index contributed by atoms with van der Waals surface area (Å²) in [4.78, 5) is 30.6. The summed E-state index contributed by atoms with van der Waals surface area (Å²) in [5.74, 6) is -0.712. The normalized spacial score (nSPS) is 29.9. The van der Waals surface area contributed by atoms with Crippen molar-refractivity contribution in [1.82, 2.24) is 4.98 Å². The first-order valence-corrected chi connectivity index (χ1v) is 13.5. The molecule has 0 saturated carbocycles. The van der Waals surface area contributed by atoms with E-state index in [1.54, 1.807) is 11.3 Å². The summed E-state index contributed by atoms with van der Waals surface area (Å²) in [6.07, 6.45) is 7.95. The molecule has 1 N–H and O–H groups in total. The highest BCUT2D eigenvalue weighted by atomic mass is 32.1. The molecule has 0 aliphatic carbocycles. The van der Waals surface area contributed by atoms with Crippen LogP contribution >= 0.6 is 11.3 Å². The van der Waals surface area contributed by atoms with Crippen molar-refractivity contribution in [2.75, 3.05) is 0 Å². The minimum absolute atomic E-state index is 0.00528. The Balaban J connectivity index is 2.27. The predicted octanol–water partition coefficient (Wildman–Crippen LogP) is 6.55. The molecular weight excluding hydrogens is 446 g/mol. The third kappa shape index (κ3) is 8.16. The van der Waals surface area contributed by atoms with E-state index >= 15 is 0 Å². The lowest BCUT2D eigenvalue weighted by Crippen LogP contribution is -2.39. The predicted molar refractivity (Wildman–Crippen MR) is 140 cm³/mol. The van der Waals surface area contributed by atoms with Crippen molar-refractivity contribution >= 4 is 29.2 Å². The number of Topliss-reactive ketones (excluding diaryl/α,β-unsaturated/α-hetero) is 1. The molecule has 190 valence electrons. The van der Waals surface area contributed by atoms with Crippen molar-refractivity contribution in [2.45, 2.75) is 106 Å². The number of aliphatic hydroxyl groups is 1. The van der Waals surface area contributed by atoms with E-state index in [1.165, 1.54) is 5.57 Å². The van der Waals surface area contributed by atoms with Gasteiger partial charge in [0, 0.05) is 29.6 Å². The highest BCUT2D eigenvalue weighted by molar-refractivity contribution is 7.09. The summed E-state index contributed by atoms with van der Waals surface area (Å²) in [7, 11) is 0. The summed E-state index contributed by atoms with van der Waals surface area (Å²) in [5.41, 5.74) is 2.41. The van der Waals surface area contributed by atoms with Gasteiger partial charge in [-0.25, -0.2) is 4.98 Å². The Morgan fingerprint density at radius 3 is 2.65 bits per heavy atom. The molecule has 2 unspecified atom stereocenters. The van der Waals surface area contributed by atoms with Crippen molar-refractivity contribution in [3.63, 3.8) is 0 Å². The number of ketones is 1. The van der Waals surface area contributed by atoms with Crippen LogP contribution in [0.25, 0.3) is 6.08 Å². The van der Waals surface area contributed by atoms with Gasteiger partial charge < -0.3 is 9.84 Å². The number of ether oxygens (including phenoxy) is 1. The minimum Gasteiger partial charge on any atom is -0.457 e. The zero-order valence-electron chi connectivity index (χ0n) is 22.0. The summed E-state index contributed by atoms with van der Waals surface area (Å²) in [6, 6.07) is 0. The number of thiazole rings is 1.